The summed E-state index contributed by atoms with van der Waals surface area (Å²) in [6.45, 7) is 7.20. The van der Waals surface area contributed by atoms with E-state index < -0.39 is 15.6 Å². The van der Waals surface area contributed by atoms with Crippen LogP contribution in [0.1, 0.15) is 42.5 Å². The van der Waals surface area contributed by atoms with Gasteiger partial charge in [0.2, 0.25) is 10.0 Å². The lowest BCUT2D eigenvalue weighted by molar-refractivity contribution is 0.101. The van der Waals surface area contributed by atoms with Gasteiger partial charge in [0.25, 0.3) is 5.91 Å². The van der Waals surface area contributed by atoms with E-state index in [0.29, 0.717) is 39.7 Å². The molecule has 0 radical (unpaired) electrons. The van der Waals surface area contributed by atoms with Crippen molar-refractivity contribution in [3.05, 3.63) is 95.8 Å². The molecule has 0 atom stereocenters. The van der Waals surface area contributed by atoms with Crippen molar-refractivity contribution in [1.82, 2.24) is 14.5 Å². The molecule has 0 saturated heterocycles. The van der Waals surface area contributed by atoms with Crippen molar-refractivity contribution in [2.75, 3.05) is 12.4 Å². The molecule has 9 nitrogen and oxygen atoms in total. The van der Waals surface area contributed by atoms with Gasteiger partial charge in [-0.25, -0.2) is 17.8 Å². The summed E-state index contributed by atoms with van der Waals surface area (Å²) in [5.74, 6) is 0.0404. The predicted molar refractivity (Wildman–Crippen MR) is 155 cm³/mol. The van der Waals surface area contributed by atoms with E-state index in [1.807, 2.05) is 31.2 Å². The number of nitrogens with zero attached hydrogens (tertiary/aromatic N) is 3. The fourth-order valence-corrected chi connectivity index (χ4v) is 5.76. The standard InChI is InChI=1S/C29H32N6O3S/c1-19-17-25(35(33-19)23-10-8-9-21(18-23)27(30)31-5)28(36)32-22-15-13-20(14-16-22)24-11-6-7-12-26(24)39(37,38)34-29(2,3)4/h6-18,34H,1-5H3,(H2,30,31)(H,32,36). The van der Waals surface area contributed by atoms with E-state index in [4.69, 9.17) is 5.73 Å². The lowest BCUT2D eigenvalue weighted by atomic mass is 10.1. The van der Waals surface area contributed by atoms with Gasteiger partial charge in [-0.2, -0.15) is 5.10 Å². The Labute approximate surface area is 228 Å². The number of rotatable bonds is 7. The number of anilines is 1. The molecule has 0 spiro atoms. The molecule has 0 bridgehead atoms. The molecule has 1 aromatic heterocycles. The van der Waals surface area contributed by atoms with Crippen molar-refractivity contribution in [3.63, 3.8) is 0 Å². The molecule has 1 amide bonds. The maximum absolute atomic E-state index is 13.3. The molecule has 3 aromatic carbocycles. The molecular weight excluding hydrogens is 512 g/mol. The van der Waals surface area contributed by atoms with Crippen LogP contribution < -0.4 is 15.8 Å². The SMILES string of the molecule is CN=C(N)c1cccc(-n2nc(C)cc2C(=O)Nc2ccc(-c3ccccc3S(=O)(=O)NC(C)(C)C)cc2)c1. The summed E-state index contributed by atoms with van der Waals surface area (Å²) < 4.78 is 30.4. The molecule has 1 heterocycles. The number of hydrogen-bond donors (Lipinski definition) is 3. The Kier molecular flexibility index (Phi) is 7.71. The van der Waals surface area contributed by atoms with Crippen LogP contribution in [0.3, 0.4) is 0 Å². The number of carbonyl (C=O) groups is 1. The number of carbonyl (C=O) groups excluding carboxylic acids is 1. The minimum Gasteiger partial charge on any atom is -0.384 e. The van der Waals surface area contributed by atoms with Gasteiger partial charge in [0, 0.05) is 29.4 Å². The molecule has 4 rings (SSSR count). The Bertz CT molecular complexity index is 1650. The maximum atomic E-state index is 13.3. The Morgan fingerprint density at radius 1 is 0.974 bits per heavy atom. The summed E-state index contributed by atoms with van der Waals surface area (Å²) in [7, 11) is -2.13. The average Bonchev–Trinajstić information content (AvgIpc) is 3.29. The zero-order chi connectivity index (χ0) is 28.4. The number of hydrogen-bond acceptors (Lipinski definition) is 5. The van der Waals surface area contributed by atoms with Crippen LogP contribution in [0, 0.1) is 6.92 Å². The molecule has 0 unspecified atom stereocenters. The third kappa shape index (κ3) is 6.42. The number of benzene rings is 3. The quantitative estimate of drug-likeness (QED) is 0.233. The molecular formula is C29H32N6O3S. The fraction of sp³-hybridized carbons (Fsp3) is 0.207. The van der Waals surface area contributed by atoms with Gasteiger partial charge in [-0.15, -0.1) is 0 Å². The van der Waals surface area contributed by atoms with Gasteiger partial charge in [0.1, 0.15) is 11.5 Å². The highest BCUT2D eigenvalue weighted by Crippen LogP contribution is 2.29. The largest absolute Gasteiger partial charge is 0.384 e. The molecule has 39 heavy (non-hydrogen) atoms. The third-order valence-corrected chi connectivity index (χ3v) is 7.58. The first-order valence-electron chi connectivity index (χ1n) is 12.3. The number of amidine groups is 1. The second kappa shape index (κ2) is 10.8. The van der Waals surface area contributed by atoms with Gasteiger partial charge >= 0.3 is 0 Å². The number of aliphatic imine (C=N–C) groups is 1. The normalized spacial score (nSPS) is 12.4. The van der Waals surface area contributed by atoms with Crippen molar-refractivity contribution in [3.8, 4) is 16.8 Å². The van der Waals surface area contributed by atoms with E-state index in [1.54, 1.807) is 87.1 Å². The van der Waals surface area contributed by atoms with Crippen LogP contribution >= 0.6 is 0 Å². The smallest absolute Gasteiger partial charge is 0.274 e. The lowest BCUT2D eigenvalue weighted by Gasteiger charge is -2.21. The molecule has 0 aliphatic carbocycles. The first kappa shape index (κ1) is 27.7. The minimum atomic E-state index is -3.75. The van der Waals surface area contributed by atoms with Crippen LogP contribution in [0.2, 0.25) is 0 Å². The number of nitrogens with two attached hydrogens (primary N) is 1. The van der Waals surface area contributed by atoms with E-state index in [2.05, 4.69) is 20.1 Å². The van der Waals surface area contributed by atoms with Crippen molar-refractivity contribution >= 4 is 27.5 Å². The van der Waals surface area contributed by atoms with Crippen LogP contribution in [0.15, 0.2) is 88.8 Å². The van der Waals surface area contributed by atoms with Gasteiger partial charge in [0.15, 0.2) is 0 Å². The van der Waals surface area contributed by atoms with Crippen LogP contribution in [0.4, 0.5) is 5.69 Å². The average molecular weight is 545 g/mol. The molecule has 0 aliphatic rings. The molecule has 0 aliphatic heterocycles. The Morgan fingerprint density at radius 3 is 2.33 bits per heavy atom. The van der Waals surface area contributed by atoms with Crippen molar-refractivity contribution < 1.29 is 13.2 Å². The van der Waals surface area contributed by atoms with E-state index in [-0.39, 0.29) is 10.8 Å². The highest BCUT2D eigenvalue weighted by Gasteiger charge is 2.25. The van der Waals surface area contributed by atoms with Crippen molar-refractivity contribution in [1.29, 1.82) is 0 Å². The molecule has 202 valence electrons. The summed E-state index contributed by atoms with van der Waals surface area (Å²) in [6.07, 6.45) is 0. The molecule has 4 N–H and O–H groups in total. The van der Waals surface area contributed by atoms with E-state index in [1.165, 1.54) is 0 Å². The van der Waals surface area contributed by atoms with Crippen molar-refractivity contribution in [2.45, 2.75) is 38.1 Å². The van der Waals surface area contributed by atoms with Gasteiger partial charge in [0.05, 0.1) is 16.3 Å². The number of sulfonamides is 1. The monoisotopic (exact) mass is 544 g/mol. The van der Waals surface area contributed by atoms with Crippen LogP contribution in [0.5, 0.6) is 0 Å². The van der Waals surface area contributed by atoms with Crippen LogP contribution in [-0.2, 0) is 10.0 Å². The maximum Gasteiger partial charge on any atom is 0.274 e. The zero-order valence-corrected chi connectivity index (χ0v) is 23.4. The van der Waals surface area contributed by atoms with Gasteiger partial charge in [-0.05, 0) is 69.7 Å². The fourth-order valence-electron chi connectivity index (χ4n) is 4.11. The topological polar surface area (TPSA) is 131 Å². The number of amides is 1. The Hall–Kier alpha value is -4.28. The molecule has 4 aromatic rings. The second-order valence-corrected chi connectivity index (χ2v) is 11.8. The summed E-state index contributed by atoms with van der Waals surface area (Å²) in [5, 5.41) is 7.40. The van der Waals surface area contributed by atoms with Crippen LogP contribution in [0.25, 0.3) is 16.8 Å². The molecule has 10 heteroatoms. The summed E-state index contributed by atoms with van der Waals surface area (Å²) in [4.78, 5) is 17.5. The van der Waals surface area contributed by atoms with Gasteiger partial charge < -0.3 is 11.1 Å². The lowest BCUT2D eigenvalue weighted by Crippen LogP contribution is -2.40. The first-order chi connectivity index (χ1) is 18.4. The summed E-state index contributed by atoms with van der Waals surface area (Å²) >= 11 is 0. The van der Waals surface area contributed by atoms with Gasteiger partial charge in [-0.1, -0.05) is 42.5 Å². The van der Waals surface area contributed by atoms with Crippen LogP contribution in [-0.4, -0.2) is 42.5 Å². The summed E-state index contributed by atoms with van der Waals surface area (Å²) in [6, 6.07) is 22.9. The van der Waals surface area contributed by atoms with Crippen molar-refractivity contribution in [2.24, 2.45) is 10.7 Å². The van der Waals surface area contributed by atoms with Gasteiger partial charge in [-0.3, -0.25) is 9.79 Å². The molecule has 0 fully saturated rings. The number of nitrogens with one attached hydrogen (secondary N) is 2. The number of aryl methyl sites for hydroxylation is 1. The Morgan fingerprint density at radius 2 is 1.67 bits per heavy atom. The predicted octanol–water partition coefficient (Wildman–Crippen LogP) is 4.51. The summed E-state index contributed by atoms with van der Waals surface area (Å²) in [5.41, 5.74) is 9.60. The Balaban J connectivity index is 1.60. The zero-order valence-electron chi connectivity index (χ0n) is 22.6. The van der Waals surface area contributed by atoms with E-state index in [0.717, 1.165) is 5.56 Å². The first-order valence-corrected chi connectivity index (χ1v) is 13.8. The number of aromatic nitrogens is 2. The minimum absolute atomic E-state index is 0.187. The second-order valence-electron chi connectivity index (χ2n) is 10.1. The molecule has 0 saturated carbocycles. The van der Waals surface area contributed by atoms with E-state index >= 15 is 0 Å². The highest BCUT2D eigenvalue weighted by atomic mass is 32.2. The highest BCUT2D eigenvalue weighted by molar-refractivity contribution is 7.89. The third-order valence-electron chi connectivity index (χ3n) is 5.76. The van der Waals surface area contributed by atoms with E-state index in [9.17, 15) is 13.2 Å².